The number of thiazole rings is 1. The first-order valence-electron chi connectivity index (χ1n) is 9.25. The number of H-pyrrole nitrogens is 1. The van der Waals surface area contributed by atoms with Crippen LogP contribution in [0.2, 0.25) is 5.02 Å². The minimum Gasteiger partial charge on any atom is -0.319 e. The number of nitrogens with zero attached hydrogens (tertiary/aromatic N) is 2. The molecule has 31 heavy (non-hydrogen) atoms. The van der Waals surface area contributed by atoms with E-state index in [4.69, 9.17) is 11.6 Å². The van der Waals surface area contributed by atoms with Gasteiger partial charge in [-0.3, -0.25) is 9.59 Å². The Bertz CT molecular complexity index is 1380. The maximum atomic E-state index is 14.3. The number of nitrogens with one attached hydrogen (secondary N) is 1. The fourth-order valence-corrected chi connectivity index (χ4v) is 4.34. The average molecular weight is 460 g/mol. The van der Waals surface area contributed by atoms with Gasteiger partial charge in [0.25, 0.3) is 5.91 Å². The molecule has 4 aromatic rings. The van der Waals surface area contributed by atoms with Crippen molar-refractivity contribution in [3.05, 3.63) is 90.6 Å². The summed E-state index contributed by atoms with van der Waals surface area (Å²) in [6, 6.07) is 8.82. The Hall–Kier alpha value is -3.10. The van der Waals surface area contributed by atoms with Crippen LogP contribution in [-0.2, 0) is 6.54 Å². The largest absolute Gasteiger partial charge is 0.319 e. The number of aromatic amines is 1. The standard InChI is InChI=1S/C22H16ClF2N3O2S/c1-11-15(23)4-3-5-17(11)28(22(30)21-12(2)26-10-31-21)9-13-8-18(29)27-20-14(13)6-7-16(24)19(20)25/h3-8,10H,9H2,1-2H3,(H,27,29). The number of benzene rings is 2. The maximum absolute atomic E-state index is 14.3. The van der Waals surface area contributed by atoms with Gasteiger partial charge in [-0.2, -0.15) is 0 Å². The van der Waals surface area contributed by atoms with E-state index < -0.39 is 17.2 Å². The summed E-state index contributed by atoms with van der Waals surface area (Å²) < 4.78 is 28.0. The van der Waals surface area contributed by atoms with Crippen LogP contribution in [0.4, 0.5) is 14.5 Å². The lowest BCUT2D eigenvalue weighted by Crippen LogP contribution is -2.31. The van der Waals surface area contributed by atoms with E-state index >= 15 is 0 Å². The Morgan fingerprint density at radius 3 is 2.71 bits per heavy atom. The number of rotatable bonds is 4. The number of hydrogen-bond donors (Lipinski definition) is 1. The molecule has 1 amide bonds. The summed E-state index contributed by atoms with van der Waals surface area (Å²) in [7, 11) is 0. The molecule has 0 aliphatic heterocycles. The van der Waals surface area contributed by atoms with Crippen molar-refractivity contribution in [1.29, 1.82) is 0 Å². The van der Waals surface area contributed by atoms with E-state index in [9.17, 15) is 18.4 Å². The summed E-state index contributed by atoms with van der Waals surface area (Å²) in [4.78, 5) is 34.0. The Morgan fingerprint density at radius 2 is 2.00 bits per heavy atom. The van der Waals surface area contributed by atoms with Crippen molar-refractivity contribution < 1.29 is 13.6 Å². The number of aromatic nitrogens is 2. The lowest BCUT2D eigenvalue weighted by Gasteiger charge is -2.25. The molecular weight excluding hydrogens is 444 g/mol. The molecule has 2 aromatic carbocycles. The fraction of sp³-hybridized carbons (Fsp3) is 0.136. The molecule has 158 valence electrons. The van der Waals surface area contributed by atoms with Crippen LogP contribution in [0.5, 0.6) is 0 Å². The van der Waals surface area contributed by atoms with Crippen LogP contribution in [0.1, 0.15) is 26.5 Å². The van der Waals surface area contributed by atoms with E-state index in [0.29, 0.717) is 37.8 Å². The predicted octanol–water partition coefficient (Wildman–Crippen LogP) is 5.38. The molecule has 2 heterocycles. The molecule has 4 rings (SSSR count). The van der Waals surface area contributed by atoms with Gasteiger partial charge in [0.1, 0.15) is 4.88 Å². The number of carbonyl (C=O) groups excluding carboxylic acids is 1. The van der Waals surface area contributed by atoms with E-state index in [1.807, 2.05) is 0 Å². The van der Waals surface area contributed by atoms with Crippen molar-refractivity contribution in [2.24, 2.45) is 0 Å². The van der Waals surface area contributed by atoms with E-state index in [1.54, 1.807) is 37.6 Å². The van der Waals surface area contributed by atoms with Gasteiger partial charge in [-0.25, -0.2) is 13.8 Å². The molecule has 0 saturated carbocycles. The quantitative estimate of drug-likeness (QED) is 0.445. The second-order valence-electron chi connectivity index (χ2n) is 6.98. The molecule has 5 nitrogen and oxygen atoms in total. The number of halogens is 3. The molecule has 0 fully saturated rings. The molecule has 0 saturated heterocycles. The zero-order chi connectivity index (χ0) is 22.3. The topological polar surface area (TPSA) is 66.1 Å². The Balaban J connectivity index is 1.91. The maximum Gasteiger partial charge on any atom is 0.270 e. The highest BCUT2D eigenvalue weighted by atomic mass is 35.5. The SMILES string of the molecule is Cc1ncsc1C(=O)N(Cc1cc(=O)[nH]c2c(F)c(F)ccc12)c1cccc(Cl)c1C. The zero-order valence-corrected chi connectivity index (χ0v) is 18.1. The Labute approximate surface area is 184 Å². The zero-order valence-electron chi connectivity index (χ0n) is 16.5. The van der Waals surface area contributed by atoms with Crippen molar-refractivity contribution >= 4 is 45.4 Å². The molecule has 0 aliphatic rings. The molecule has 0 atom stereocenters. The minimum absolute atomic E-state index is 0.0527. The predicted molar refractivity (Wildman–Crippen MR) is 118 cm³/mol. The van der Waals surface area contributed by atoms with Crippen molar-refractivity contribution in [2.45, 2.75) is 20.4 Å². The third kappa shape index (κ3) is 3.84. The lowest BCUT2D eigenvalue weighted by atomic mass is 10.1. The van der Waals surface area contributed by atoms with Gasteiger partial charge in [0.2, 0.25) is 5.56 Å². The summed E-state index contributed by atoms with van der Waals surface area (Å²) >= 11 is 7.49. The smallest absolute Gasteiger partial charge is 0.270 e. The van der Waals surface area contributed by atoms with Crippen LogP contribution < -0.4 is 10.5 Å². The molecule has 1 N–H and O–H groups in total. The minimum atomic E-state index is -1.15. The first-order valence-corrected chi connectivity index (χ1v) is 10.5. The van der Waals surface area contributed by atoms with E-state index in [2.05, 4.69) is 9.97 Å². The molecular formula is C22H16ClF2N3O2S. The second kappa shape index (κ2) is 8.20. The lowest BCUT2D eigenvalue weighted by molar-refractivity contribution is 0.0988. The summed E-state index contributed by atoms with van der Waals surface area (Å²) in [5.74, 6) is -2.55. The summed E-state index contributed by atoms with van der Waals surface area (Å²) in [5, 5.41) is 0.775. The Kier molecular flexibility index (Phi) is 5.60. The van der Waals surface area contributed by atoms with Crippen LogP contribution in [0, 0.1) is 25.5 Å². The van der Waals surface area contributed by atoms with Gasteiger partial charge in [0.05, 0.1) is 23.3 Å². The number of aryl methyl sites for hydroxylation is 1. The first kappa shape index (κ1) is 21.1. The van der Waals surface area contributed by atoms with Crippen LogP contribution in [0.3, 0.4) is 0 Å². The molecule has 0 unspecified atom stereocenters. The normalized spacial score (nSPS) is 11.1. The number of fused-ring (bicyclic) bond motifs is 1. The number of carbonyl (C=O) groups is 1. The summed E-state index contributed by atoms with van der Waals surface area (Å²) in [6.45, 7) is 3.46. The third-order valence-corrected chi connectivity index (χ3v) is 6.36. The van der Waals surface area contributed by atoms with Gasteiger partial charge in [-0.15, -0.1) is 11.3 Å². The van der Waals surface area contributed by atoms with Gasteiger partial charge in [0, 0.05) is 22.2 Å². The number of hydrogen-bond acceptors (Lipinski definition) is 4. The number of anilines is 1. The van der Waals surface area contributed by atoms with Gasteiger partial charge in [0.15, 0.2) is 11.6 Å². The van der Waals surface area contributed by atoms with Crippen LogP contribution in [-0.4, -0.2) is 15.9 Å². The molecule has 9 heteroatoms. The van der Waals surface area contributed by atoms with Crippen molar-refractivity contribution in [1.82, 2.24) is 9.97 Å². The highest BCUT2D eigenvalue weighted by molar-refractivity contribution is 7.12. The molecule has 0 spiro atoms. The highest BCUT2D eigenvalue weighted by Gasteiger charge is 2.25. The van der Waals surface area contributed by atoms with Gasteiger partial charge in [-0.1, -0.05) is 17.7 Å². The fourth-order valence-electron chi connectivity index (χ4n) is 3.42. The molecule has 2 aromatic heterocycles. The van der Waals surface area contributed by atoms with Crippen molar-refractivity contribution in [3.63, 3.8) is 0 Å². The van der Waals surface area contributed by atoms with E-state index in [1.165, 1.54) is 28.4 Å². The summed E-state index contributed by atoms with van der Waals surface area (Å²) in [6.07, 6.45) is 0. The van der Waals surface area contributed by atoms with Crippen molar-refractivity contribution in [3.8, 4) is 0 Å². The monoisotopic (exact) mass is 459 g/mol. The van der Waals surface area contributed by atoms with Crippen LogP contribution in [0.15, 0.2) is 46.7 Å². The molecule has 0 aliphatic carbocycles. The first-order chi connectivity index (χ1) is 14.8. The van der Waals surface area contributed by atoms with Crippen LogP contribution in [0.25, 0.3) is 10.9 Å². The Morgan fingerprint density at radius 1 is 1.23 bits per heavy atom. The highest BCUT2D eigenvalue weighted by Crippen LogP contribution is 2.31. The van der Waals surface area contributed by atoms with Gasteiger partial charge in [-0.05, 0) is 49.2 Å². The van der Waals surface area contributed by atoms with Crippen molar-refractivity contribution in [2.75, 3.05) is 4.90 Å². The van der Waals surface area contributed by atoms with Gasteiger partial charge < -0.3 is 9.88 Å². The van der Waals surface area contributed by atoms with E-state index in [0.717, 1.165) is 6.07 Å². The summed E-state index contributed by atoms with van der Waals surface area (Å²) in [5.41, 5.74) is 2.89. The van der Waals surface area contributed by atoms with Crippen LogP contribution >= 0.6 is 22.9 Å². The van der Waals surface area contributed by atoms with E-state index in [-0.39, 0.29) is 18.0 Å². The van der Waals surface area contributed by atoms with Gasteiger partial charge >= 0.3 is 0 Å². The molecule has 0 radical (unpaired) electrons. The second-order valence-corrected chi connectivity index (χ2v) is 8.25. The average Bonchev–Trinajstić information content (AvgIpc) is 3.17. The number of pyridine rings is 1. The number of amides is 1. The third-order valence-electron chi connectivity index (χ3n) is 5.04. The molecule has 0 bridgehead atoms.